The van der Waals surface area contributed by atoms with Gasteiger partial charge >= 0.3 is 6.03 Å². The molecule has 1 aliphatic rings. The van der Waals surface area contributed by atoms with E-state index in [2.05, 4.69) is 29.8 Å². The fourth-order valence-corrected chi connectivity index (χ4v) is 3.46. The number of urea groups is 1. The maximum atomic E-state index is 13.1. The van der Waals surface area contributed by atoms with Crippen molar-refractivity contribution in [2.24, 2.45) is 0 Å². The molecule has 0 aromatic heterocycles. The molecule has 3 amide bonds. The van der Waals surface area contributed by atoms with E-state index < -0.39 is 6.04 Å². The molecule has 0 fully saturated rings. The number of hydrogen-bond acceptors (Lipinski definition) is 2. The Hall–Kier alpha value is -3.08. The molecule has 3 rings (SSSR count). The van der Waals surface area contributed by atoms with Crippen molar-refractivity contribution < 1.29 is 9.59 Å². The lowest BCUT2D eigenvalue weighted by atomic mass is 9.92. The molecule has 1 atom stereocenters. The van der Waals surface area contributed by atoms with E-state index in [-0.39, 0.29) is 11.9 Å². The van der Waals surface area contributed by atoms with Gasteiger partial charge in [-0.2, -0.15) is 0 Å². The van der Waals surface area contributed by atoms with Crippen LogP contribution in [0.4, 0.5) is 10.5 Å². The molecule has 1 heterocycles. The Morgan fingerprint density at radius 1 is 1.04 bits per heavy atom. The summed E-state index contributed by atoms with van der Waals surface area (Å²) in [4.78, 5) is 25.2. The summed E-state index contributed by atoms with van der Waals surface area (Å²) in [7, 11) is 0. The van der Waals surface area contributed by atoms with E-state index in [4.69, 9.17) is 0 Å². The Labute approximate surface area is 166 Å². The minimum Gasteiger partial charge on any atom is -0.327 e. The van der Waals surface area contributed by atoms with Crippen LogP contribution in [0.15, 0.2) is 53.7 Å². The molecule has 28 heavy (non-hydrogen) atoms. The first-order valence-corrected chi connectivity index (χ1v) is 9.53. The summed E-state index contributed by atoms with van der Waals surface area (Å²) in [6.45, 7) is 10.0. The predicted molar refractivity (Wildman–Crippen MR) is 112 cm³/mol. The topological polar surface area (TPSA) is 70.2 Å². The van der Waals surface area contributed by atoms with E-state index >= 15 is 0 Å². The number of carbonyl (C=O) groups is 2. The van der Waals surface area contributed by atoms with Crippen molar-refractivity contribution in [1.82, 2.24) is 10.6 Å². The second kappa shape index (κ2) is 7.89. The third kappa shape index (κ3) is 4.09. The molecule has 3 N–H and O–H groups in total. The van der Waals surface area contributed by atoms with Gasteiger partial charge in [0, 0.05) is 11.4 Å². The van der Waals surface area contributed by atoms with Gasteiger partial charge in [-0.05, 0) is 49.4 Å². The molecular weight excluding hydrogens is 350 g/mol. The molecule has 2 aromatic carbocycles. The molecule has 0 spiro atoms. The van der Waals surface area contributed by atoms with Gasteiger partial charge in [0.1, 0.15) is 0 Å². The molecule has 0 bridgehead atoms. The van der Waals surface area contributed by atoms with E-state index in [0.717, 1.165) is 22.4 Å². The van der Waals surface area contributed by atoms with Crippen molar-refractivity contribution >= 4 is 17.6 Å². The van der Waals surface area contributed by atoms with Gasteiger partial charge in [0.25, 0.3) is 5.91 Å². The molecule has 0 saturated heterocycles. The van der Waals surface area contributed by atoms with Gasteiger partial charge in [-0.25, -0.2) is 4.79 Å². The van der Waals surface area contributed by atoms with E-state index in [1.165, 1.54) is 5.56 Å². The quantitative estimate of drug-likeness (QED) is 0.723. The van der Waals surface area contributed by atoms with Crippen LogP contribution in [0.2, 0.25) is 0 Å². The van der Waals surface area contributed by atoms with Gasteiger partial charge in [-0.3, -0.25) is 4.79 Å². The van der Waals surface area contributed by atoms with Gasteiger partial charge in [0.05, 0.1) is 11.6 Å². The van der Waals surface area contributed by atoms with Crippen molar-refractivity contribution in [2.75, 3.05) is 5.32 Å². The Morgan fingerprint density at radius 2 is 1.71 bits per heavy atom. The van der Waals surface area contributed by atoms with Gasteiger partial charge in [-0.15, -0.1) is 0 Å². The molecule has 0 saturated carbocycles. The Bertz CT molecular complexity index is 943. The highest BCUT2D eigenvalue weighted by atomic mass is 16.2. The molecule has 5 heteroatoms. The van der Waals surface area contributed by atoms with Crippen LogP contribution in [0.5, 0.6) is 0 Å². The van der Waals surface area contributed by atoms with Crippen molar-refractivity contribution in [1.29, 1.82) is 0 Å². The fourth-order valence-electron chi connectivity index (χ4n) is 3.46. The summed E-state index contributed by atoms with van der Waals surface area (Å²) in [6.07, 6.45) is 0. The number of allylic oxidation sites excluding steroid dienone is 1. The number of anilines is 1. The number of amides is 3. The number of rotatable bonds is 4. The molecular formula is C23H27N3O2. The highest BCUT2D eigenvalue weighted by molar-refractivity contribution is 6.07. The zero-order chi connectivity index (χ0) is 20.4. The van der Waals surface area contributed by atoms with Gasteiger partial charge in [-0.1, -0.05) is 55.8 Å². The first-order valence-electron chi connectivity index (χ1n) is 9.53. The second-order valence-electron chi connectivity index (χ2n) is 7.66. The van der Waals surface area contributed by atoms with Crippen molar-refractivity contribution in [3.8, 4) is 0 Å². The molecule has 0 radical (unpaired) electrons. The van der Waals surface area contributed by atoms with E-state index in [1.54, 1.807) is 6.92 Å². The largest absolute Gasteiger partial charge is 0.327 e. The number of aryl methyl sites for hydroxylation is 2. The van der Waals surface area contributed by atoms with Crippen LogP contribution >= 0.6 is 0 Å². The van der Waals surface area contributed by atoms with Crippen LogP contribution in [0, 0.1) is 13.8 Å². The van der Waals surface area contributed by atoms with E-state index in [1.807, 2.05) is 56.3 Å². The molecule has 1 unspecified atom stereocenters. The van der Waals surface area contributed by atoms with Crippen LogP contribution in [-0.2, 0) is 4.79 Å². The summed E-state index contributed by atoms with van der Waals surface area (Å²) >= 11 is 0. The summed E-state index contributed by atoms with van der Waals surface area (Å²) in [5.74, 6) is 0.191. The first-order chi connectivity index (χ1) is 13.3. The summed E-state index contributed by atoms with van der Waals surface area (Å²) in [6, 6.07) is 13.1. The SMILES string of the molecule is CC1=C(C(=O)Nc2ccc(C)cc2C)C(c2ccc(C(C)C)cc2)NC(=O)N1. The average Bonchev–Trinajstić information content (AvgIpc) is 2.63. The molecule has 5 nitrogen and oxygen atoms in total. The van der Waals surface area contributed by atoms with Crippen LogP contribution in [0.3, 0.4) is 0 Å². The van der Waals surface area contributed by atoms with Gasteiger partial charge in [0.15, 0.2) is 0 Å². The Kier molecular flexibility index (Phi) is 5.54. The van der Waals surface area contributed by atoms with Crippen LogP contribution in [0.25, 0.3) is 0 Å². The smallest absolute Gasteiger partial charge is 0.319 e. The zero-order valence-electron chi connectivity index (χ0n) is 17.0. The lowest BCUT2D eigenvalue weighted by Gasteiger charge is -2.29. The second-order valence-corrected chi connectivity index (χ2v) is 7.66. The van der Waals surface area contributed by atoms with Crippen LogP contribution in [-0.4, -0.2) is 11.9 Å². The normalized spacial score (nSPS) is 16.6. The highest BCUT2D eigenvalue weighted by Crippen LogP contribution is 2.29. The average molecular weight is 377 g/mol. The third-order valence-electron chi connectivity index (χ3n) is 5.08. The van der Waals surface area contributed by atoms with Crippen molar-refractivity contribution in [2.45, 2.75) is 46.6 Å². The lowest BCUT2D eigenvalue weighted by molar-refractivity contribution is -0.113. The lowest BCUT2D eigenvalue weighted by Crippen LogP contribution is -2.46. The standard InChI is InChI=1S/C23H27N3O2/c1-13(2)17-7-9-18(10-8-17)21-20(16(5)24-23(28)26-21)22(27)25-19-11-6-14(3)12-15(19)4/h6-13,21H,1-5H3,(H,25,27)(H2,24,26,28). The van der Waals surface area contributed by atoms with Gasteiger partial charge in [0.2, 0.25) is 0 Å². The molecule has 1 aliphatic heterocycles. The van der Waals surface area contributed by atoms with E-state index in [0.29, 0.717) is 17.2 Å². The van der Waals surface area contributed by atoms with Crippen molar-refractivity contribution in [3.05, 3.63) is 76.0 Å². The maximum absolute atomic E-state index is 13.1. The number of nitrogens with one attached hydrogen (secondary N) is 3. The van der Waals surface area contributed by atoms with Crippen LogP contribution < -0.4 is 16.0 Å². The summed E-state index contributed by atoms with van der Waals surface area (Å²) in [5, 5.41) is 8.59. The third-order valence-corrected chi connectivity index (χ3v) is 5.08. The minimum atomic E-state index is -0.499. The summed E-state index contributed by atoms with van der Waals surface area (Å²) < 4.78 is 0. The molecule has 146 valence electrons. The van der Waals surface area contributed by atoms with E-state index in [9.17, 15) is 9.59 Å². The Morgan fingerprint density at radius 3 is 2.32 bits per heavy atom. The Balaban J connectivity index is 1.93. The van der Waals surface area contributed by atoms with Crippen molar-refractivity contribution in [3.63, 3.8) is 0 Å². The zero-order valence-corrected chi connectivity index (χ0v) is 17.0. The summed E-state index contributed by atoms with van der Waals surface area (Å²) in [5.41, 5.74) is 6.07. The predicted octanol–water partition coefficient (Wildman–Crippen LogP) is 4.69. The molecule has 2 aromatic rings. The number of carbonyl (C=O) groups excluding carboxylic acids is 2. The maximum Gasteiger partial charge on any atom is 0.319 e. The highest BCUT2D eigenvalue weighted by Gasteiger charge is 2.31. The fraction of sp³-hybridized carbons (Fsp3) is 0.304. The first kappa shape index (κ1) is 19.7. The monoisotopic (exact) mass is 377 g/mol. The van der Waals surface area contributed by atoms with Gasteiger partial charge < -0.3 is 16.0 Å². The number of benzene rings is 2. The minimum absolute atomic E-state index is 0.227. The molecule has 0 aliphatic carbocycles. The number of hydrogen-bond donors (Lipinski definition) is 3. The van der Waals surface area contributed by atoms with Crippen LogP contribution in [0.1, 0.15) is 55.0 Å².